The minimum Gasteiger partial charge on any atom is -0.379 e. The molecule has 6 rings (SSSR count). The van der Waals surface area contributed by atoms with Gasteiger partial charge in [0.2, 0.25) is 5.91 Å². The summed E-state index contributed by atoms with van der Waals surface area (Å²) in [5.74, 6) is -1.23. The number of carbonyl (C=O) groups is 1. The van der Waals surface area contributed by atoms with Crippen molar-refractivity contribution in [3.8, 4) is 22.5 Å². The number of amides is 1. The summed E-state index contributed by atoms with van der Waals surface area (Å²) in [5, 5.41) is 2.52. The number of halogens is 4. The fourth-order valence-electron chi connectivity index (χ4n) is 5.15. The van der Waals surface area contributed by atoms with Crippen LogP contribution >= 0.6 is 0 Å². The largest absolute Gasteiger partial charge is 0.416 e. The SMILES string of the molecule is O=C(Cc1ccc(-c2cnc3cc(-c4ccccn4)ccn23)cc1F)Nc1cc(CN2CCOCC2)cc(C(F)(F)F)c1. The van der Waals surface area contributed by atoms with Gasteiger partial charge in [0.1, 0.15) is 11.5 Å². The molecule has 0 spiro atoms. The number of rotatable bonds is 7. The number of nitrogens with zero attached hydrogens (tertiary/aromatic N) is 4. The molecule has 0 bridgehead atoms. The zero-order chi connectivity index (χ0) is 30.0. The number of aromatic nitrogens is 3. The molecule has 220 valence electrons. The first-order valence-electron chi connectivity index (χ1n) is 13.7. The summed E-state index contributed by atoms with van der Waals surface area (Å²) < 4.78 is 63.2. The Morgan fingerprint density at radius 3 is 2.53 bits per heavy atom. The molecule has 4 heterocycles. The van der Waals surface area contributed by atoms with Crippen LogP contribution in [0.1, 0.15) is 16.7 Å². The summed E-state index contributed by atoms with van der Waals surface area (Å²) in [4.78, 5) is 23.6. The first-order valence-corrected chi connectivity index (χ1v) is 13.7. The number of ether oxygens (including phenoxy) is 1. The highest BCUT2D eigenvalue weighted by molar-refractivity contribution is 5.92. The number of pyridine rings is 2. The van der Waals surface area contributed by atoms with Crippen molar-refractivity contribution in [1.29, 1.82) is 0 Å². The second-order valence-electron chi connectivity index (χ2n) is 10.3. The molecule has 0 saturated carbocycles. The first kappa shape index (κ1) is 28.5. The first-order chi connectivity index (χ1) is 20.7. The predicted octanol–water partition coefficient (Wildman–Crippen LogP) is 6.23. The van der Waals surface area contributed by atoms with E-state index in [4.69, 9.17) is 4.74 Å². The molecule has 0 aliphatic carbocycles. The lowest BCUT2D eigenvalue weighted by Gasteiger charge is -2.27. The van der Waals surface area contributed by atoms with E-state index in [1.54, 1.807) is 18.5 Å². The molecule has 0 unspecified atom stereocenters. The highest BCUT2D eigenvalue weighted by atomic mass is 19.4. The Hall–Kier alpha value is -4.61. The van der Waals surface area contributed by atoms with Crippen LogP contribution in [0, 0.1) is 5.82 Å². The van der Waals surface area contributed by atoms with Crippen LogP contribution in [0.2, 0.25) is 0 Å². The fourth-order valence-corrected chi connectivity index (χ4v) is 5.15. The van der Waals surface area contributed by atoms with Crippen LogP contribution in [0.15, 0.2) is 85.3 Å². The molecule has 1 N–H and O–H groups in total. The number of hydrogen-bond acceptors (Lipinski definition) is 5. The minimum absolute atomic E-state index is 0.0101. The number of alkyl halides is 3. The molecule has 1 aliphatic heterocycles. The number of carbonyl (C=O) groups excluding carboxylic acids is 1. The van der Waals surface area contributed by atoms with Crippen LogP contribution in [-0.4, -0.2) is 51.5 Å². The summed E-state index contributed by atoms with van der Waals surface area (Å²) in [6.07, 6.45) is 0.261. The number of anilines is 1. The molecular weight excluding hydrogens is 562 g/mol. The average Bonchev–Trinajstić information content (AvgIpc) is 3.42. The quantitative estimate of drug-likeness (QED) is 0.228. The van der Waals surface area contributed by atoms with Gasteiger partial charge < -0.3 is 10.1 Å². The Kier molecular flexibility index (Phi) is 7.92. The lowest BCUT2D eigenvalue weighted by molar-refractivity contribution is -0.137. The number of hydrogen-bond donors (Lipinski definition) is 1. The molecule has 1 aliphatic rings. The van der Waals surface area contributed by atoms with Crippen LogP contribution in [0.3, 0.4) is 0 Å². The van der Waals surface area contributed by atoms with Crippen molar-refractivity contribution < 1.29 is 27.1 Å². The van der Waals surface area contributed by atoms with Gasteiger partial charge in [0, 0.05) is 48.8 Å². The van der Waals surface area contributed by atoms with E-state index in [2.05, 4.69) is 15.3 Å². The Labute approximate surface area is 244 Å². The number of fused-ring (bicyclic) bond motifs is 1. The van der Waals surface area contributed by atoms with Gasteiger partial charge in [-0.25, -0.2) is 9.37 Å². The maximum Gasteiger partial charge on any atom is 0.416 e. The van der Waals surface area contributed by atoms with E-state index in [0.717, 1.165) is 23.4 Å². The summed E-state index contributed by atoms with van der Waals surface area (Å²) in [5.41, 5.74) is 3.28. The Morgan fingerprint density at radius 2 is 1.79 bits per heavy atom. The fraction of sp³-hybridized carbons (Fsp3) is 0.219. The van der Waals surface area contributed by atoms with Gasteiger partial charge in [0.05, 0.1) is 42.8 Å². The van der Waals surface area contributed by atoms with Crippen LogP contribution in [0.5, 0.6) is 0 Å². The van der Waals surface area contributed by atoms with Gasteiger partial charge in [-0.05, 0) is 59.7 Å². The van der Waals surface area contributed by atoms with Gasteiger partial charge in [0.15, 0.2) is 0 Å². The smallest absolute Gasteiger partial charge is 0.379 e. The monoisotopic (exact) mass is 589 g/mol. The summed E-state index contributed by atoms with van der Waals surface area (Å²) >= 11 is 0. The highest BCUT2D eigenvalue weighted by Crippen LogP contribution is 2.33. The van der Waals surface area contributed by atoms with E-state index >= 15 is 4.39 Å². The summed E-state index contributed by atoms with van der Waals surface area (Å²) in [6, 6.07) is 17.4. The third kappa shape index (κ3) is 6.58. The van der Waals surface area contributed by atoms with E-state index in [9.17, 15) is 18.0 Å². The van der Waals surface area contributed by atoms with Crippen LogP contribution in [0.4, 0.5) is 23.2 Å². The summed E-state index contributed by atoms with van der Waals surface area (Å²) in [6.45, 7) is 2.52. The molecule has 1 fully saturated rings. The van der Waals surface area contributed by atoms with Crippen molar-refractivity contribution in [3.63, 3.8) is 0 Å². The highest BCUT2D eigenvalue weighted by Gasteiger charge is 2.31. The van der Waals surface area contributed by atoms with Gasteiger partial charge in [-0.3, -0.25) is 19.1 Å². The second-order valence-corrected chi connectivity index (χ2v) is 10.3. The predicted molar refractivity (Wildman–Crippen MR) is 154 cm³/mol. The molecule has 2 aromatic carbocycles. The van der Waals surface area contributed by atoms with E-state index in [1.807, 2.05) is 45.8 Å². The molecule has 0 atom stereocenters. The average molecular weight is 590 g/mol. The maximum absolute atomic E-state index is 15.2. The number of nitrogens with one attached hydrogen (secondary N) is 1. The van der Waals surface area contributed by atoms with Gasteiger partial charge in [-0.1, -0.05) is 18.2 Å². The van der Waals surface area contributed by atoms with Crippen LogP contribution < -0.4 is 5.32 Å². The van der Waals surface area contributed by atoms with E-state index in [-0.39, 0.29) is 17.7 Å². The molecule has 5 aromatic rings. The van der Waals surface area contributed by atoms with Crippen LogP contribution in [0.25, 0.3) is 28.2 Å². The van der Waals surface area contributed by atoms with Gasteiger partial charge in [0.25, 0.3) is 0 Å². The van der Waals surface area contributed by atoms with E-state index in [1.165, 1.54) is 18.2 Å². The van der Waals surface area contributed by atoms with Crippen molar-refractivity contribution >= 4 is 17.2 Å². The molecule has 11 heteroatoms. The molecule has 1 saturated heterocycles. The Morgan fingerprint density at radius 1 is 0.953 bits per heavy atom. The van der Waals surface area contributed by atoms with Gasteiger partial charge in [-0.15, -0.1) is 0 Å². The number of benzene rings is 2. The molecule has 43 heavy (non-hydrogen) atoms. The zero-order valence-corrected chi connectivity index (χ0v) is 22.9. The Bertz CT molecular complexity index is 1770. The second kappa shape index (κ2) is 11.9. The molecular formula is C32H27F4N5O2. The van der Waals surface area contributed by atoms with Crippen molar-refractivity contribution in [2.45, 2.75) is 19.1 Å². The summed E-state index contributed by atoms with van der Waals surface area (Å²) in [7, 11) is 0. The lowest BCUT2D eigenvalue weighted by atomic mass is 10.1. The molecule has 7 nitrogen and oxygen atoms in total. The standard InChI is InChI=1S/C32H27F4N5O2/c33-27-15-24(29-19-38-30-16-23(6-8-41(29)30)28-3-1-2-7-37-28)5-4-22(27)17-31(42)39-26-14-21(13-25(18-26)32(34,35)36)20-40-9-11-43-12-10-40/h1-8,13-16,18-19H,9-12,17,20H2,(H,39,42). The van der Waals surface area contributed by atoms with Crippen molar-refractivity contribution in [3.05, 3.63) is 108 Å². The van der Waals surface area contributed by atoms with Crippen molar-refractivity contribution in [1.82, 2.24) is 19.3 Å². The van der Waals surface area contributed by atoms with Gasteiger partial charge >= 0.3 is 6.18 Å². The van der Waals surface area contributed by atoms with Gasteiger partial charge in [-0.2, -0.15) is 13.2 Å². The maximum atomic E-state index is 15.2. The molecule has 3 aromatic heterocycles. The van der Waals surface area contributed by atoms with Crippen molar-refractivity contribution in [2.24, 2.45) is 0 Å². The normalized spacial score (nSPS) is 14.2. The molecule has 0 radical (unpaired) electrons. The minimum atomic E-state index is -4.58. The van der Waals surface area contributed by atoms with Crippen molar-refractivity contribution in [2.75, 3.05) is 31.6 Å². The van der Waals surface area contributed by atoms with E-state index in [0.29, 0.717) is 55.3 Å². The number of imidazole rings is 1. The molecule has 1 amide bonds. The Balaban J connectivity index is 1.18. The number of morpholine rings is 1. The van der Waals surface area contributed by atoms with Crippen LogP contribution in [-0.2, 0) is 28.7 Å². The van der Waals surface area contributed by atoms with E-state index < -0.39 is 23.5 Å². The topological polar surface area (TPSA) is 71.8 Å². The zero-order valence-electron chi connectivity index (χ0n) is 22.9. The third-order valence-electron chi connectivity index (χ3n) is 7.29. The lowest BCUT2D eigenvalue weighted by Crippen LogP contribution is -2.35. The third-order valence-corrected chi connectivity index (χ3v) is 7.29.